The summed E-state index contributed by atoms with van der Waals surface area (Å²) in [5.74, 6) is 1.37. The van der Waals surface area contributed by atoms with Crippen molar-refractivity contribution in [2.75, 3.05) is 0 Å². The van der Waals surface area contributed by atoms with E-state index in [1.54, 1.807) is 0 Å². The highest BCUT2D eigenvalue weighted by molar-refractivity contribution is 5.84. The van der Waals surface area contributed by atoms with Gasteiger partial charge < -0.3 is 9.88 Å². The van der Waals surface area contributed by atoms with Crippen LogP contribution in [0.15, 0.2) is 30.5 Å². The smallest absolute Gasteiger partial charge is 0.227 e. The second-order valence-corrected chi connectivity index (χ2v) is 6.84. The summed E-state index contributed by atoms with van der Waals surface area (Å²) in [6.45, 7) is 2.87. The fraction of sp³-hybridized carbons (Fsp3) is 0.474. The van der Waals surface area contributed by atoms with Crippen molar-refractivity contribution in [1.29, 1.82) is 0 Å². The van der Waals surface area contributed by atoms with Gasteiger partial charge >= 0.3 is 0 Å². The Bertz CT molecular complexity index is 734. The number of fused-ring (bicyclic) bond motifs is 2. The first kappa shape index (κ1) is 14.5. The van der Waals surface area contributed by atoms with Gasteiger partial charge in [0, 0.05) is 25.2 Å². The van der Waals surface area contributed by atoms with Crippen molar-refractivity contribution >= 4 is 5.91 Å². The van der Waals surface area contributed by atoms with Crippen molar-refractivity contribution in [3.8, 4) is 0 Å². The topological polar surface area (TPSA) is 46.9 Å². The summed E-state index contributed by atoms with van der Waals surface area (Å²) in [5.41, 5.74) is 3.63. The molecule has 0 radical (unpaired) electrons. The first-order chi connectivity index (χ1) is 11.2. The number of nitrogens with one attached hydrogen (secondary N) is 1. The molecular formula is C19H23N3O. The first-order valence-electron chi connectivity index (χ1n) is 8.61. The number of carbonyl (C=O) groups excluding carboxylic acids is 1. The van der Waals surface area contributed by atoms with Crippen LogP contribution >= 0.6 is 0 Å². The Hall–Kier alpha value is -2.10. The summed E-state index contributed by atoms with van der Waals surface area (Å²) in [4.78, 5) is 17.3. The molecule has 4 nitrogen and oxygen atoms in total. The van der Waals surface area contributed by atoms with Crippen LogP contribution in [0, 0.1) is 6.92 Å². The van der Waals surface area contributed by atoms with E-state index in [1.807, 2.05) is 13.0 Å². The molecule has 0 fully saturated rings. The van der Waals surface area contributed by atoms with Crippen molar-refractivity contribution in [2.45, 2.75) is 57.5 Å². The Labute approximate surface area is 136 Å². The third-order valence-corrected chi connectivity index (χ3v) is 5.15. The van der Waals surface area contributed by atoms with Crippen molar-refractivity contribution in [3.63, 3.8) is 0 Å². The quantitative estimate of drug-likeness (QED) is 0.927. The third kappa shape index (κ3) is 2.78. The predicted octanol–water partition coefficient (Wildman–Crippen LogP) is 2.74. The van der Waals surface area contributed by atoms with E-state index in [1.165, 1.54) is 11.1 Å². The molecule has 2 aliphatic rings. The molecule has 0 saturated heterocycles. The molecule has 1 amide bonds. The number of carbonyl (C=O) groups is 1. The molecule has 4 heteroatoms. The second kappa shape index (κ2) is 5.84. The number of aryl methyl sites for hydroxylation is 3. The Morgan fingerprint density at radius 2 is 2.13 bits per heavy atom. The summed E-state index contributed by atoms with van der Waals surface area (Å²) < 4.78 is 2.19. The molecule has 0 saturated carbocycles. The average molecular weight is 309 g/mol. The molecule has 2 heterocycles. The standard InChI is InChI=1S/C19H23N3O/c1-13-11-22-12-15(9-10-18(22)20-13)21-19(23)17-8-4-6-14-5-2-3-7-16(14)17/h2-3,5,7,11,15,17H,4,6,8-10,12H2,1H3,(H,21,23)/t15-,17+/m1/s1. The summed E-state index contributed by atoms with van der Waals surface area (Å²) in [7, 11) is 0. The summed E-state index contributed by atoms with van der Waals surface area (Å²) in [6.07, 6.45) is 7.18. The lowest BCUT2D eigenvalue weighted by Crippen LogP contribution is -2.43. The zero-order chi connectivity index (χ0) is 15.8. The molecule has 1 aromatic heterocycles. The summed E-state index contributed by atoms with van der Waals surface area (Å²) >= 11 is 0. The molecule has 0 unspecified atom stereocenters. The van der Waals surface area contributed by atoms with Crippen molar-refractivity contribution in [1.82, 2.24) is 14.9 Å². The molecule has 4 rings (SSSR count). The highest BCUT2D eigenvalue weighted by atomic mass is 16.1. The molecule has 0 spiro atoms. The Morgan fingerprint density at radius 1 is 1.26 bits per heavy atom. The van der Waals surface area contributed by atoms with Crippen LogP contribution in [0.3, 0.4) is 0 Å². The van der Waals surface area contributed by atoms with Gasteiger partial charge in [0.2, 0.25) is 5.91 Å². The third-order valence-electron chi connectivity index (χ3n) is 5.15. The van der Waals surface area contributed by atoms with Crippen LogP contribution in [0.1, 0.15) is 47.8 Å². The van der Waals surface area contributed by atoms with E-state index < -0.39 is 0 Å². The van der Waals surface area contributed by atoms with Gasteiger partial charge in [0.25, 0.3) is 0 Å². The summed E-state index contributed by atoms with van der Waals surface area (Å²) in [5, 5.41) is 3.29. The number of benzene rings is 1. The van der Waals surface area contributed by atoms with E-state index in [-0.39, 0.29) is 17.9 Å². The van der Waals surface area contributed by atoms with Crippen molar-refractivity contribution in [3.05, 3.63) is 53.1 Å². The van der Waals surface area contributed by atoms with Gasteiger partial charge in [0.05, 0.1) is 11.6 Å². The number of hydrogen-bond acceptors (Lipinski definition) is 2. The molecule has 1 N–H and O–H groups in total. The fourth-order valence-corrected chi connectivity index (χ4v) is 4.03. The maximum Gasteiger partial charge on any atom is 0.227 e. The Kier molecular flexibility index (Phi) is 3.68. The number of amides is 1. The molecular weight excluding hydrogens is 286 g/mol. The van der Waals surface area contributed by atoms with Crippen LogP contribution in [-0.4, -0.2) is 21.5 Å². The van der Waals surface area contributed by atoms with Gasteiger partial charge in [-0.25, -0.2) is 4.98 Å². The second-order valence-electron chi connectivity index (χ2n) is 6.84. The number of hydrogen-bond donors (Lipinski definition) is 1. The molecule has 120 valence electrons. The number of imidazole rings is 1. The predicted molar refractivity (Wildman–Crippen MR) is 89.3 cm³/mol. The monoisotopic (exact) mass is 309 g/mol. The van der Waals surface area contributed by atoms with Crippen molar-refractivity contribution < 1.29 is 4.79 Å². The van der Waals surface area contributed by atoms with Crippen LogP contribution in [0.5, 0.6) is 0 Å². The van der Waals surface area contributed by atoms with E-state index >= 15 is 0 Å². The molecule has 2 aromatic rings. The van der Waals surface area contributed by atoms with Crippen LogP contribution < -0.4 is 5.32 Å². The molecule has 1 aliphatic heterocycles. The Morgan fingerprint density at radius 3 is 3.04 bits per heavy atom. The van der Waals surface area contributed by atoms with Crippen LogP contribution in [-0.2, 0) is 24.2 Å². The lowest BCUT2D eigenvalue weighted by molar-refractivity contribution is -0.123. The van der Waals surface area contributed by atoms with Crippen molar-refractivity contribution in [2.24, 2.45) is 0 Å². The highest BCUT2D eigenvalue weighted by Crippen LogP contribution is 2.31. The molecule has 1 aromatic carbocycles. The maximum atomic E-state index is 12.8. The van der Waals surface area contributed by atoms with Gasteiger partial charge in [-0.15, -0.1) is 0 Å². The van der Waals surface area contributed by atoms with E-state index in [2.05, 4.69) is 39.3 Å². The van der Waals surface area contributed by atoms with Crippen LogP contribution in [0.4, 0.5) is 0 Å². The van der Waals surface area contributed by atoms with Gasteiger partial charge in [0.15, 0.2) is 0 Å². The number of rotatable bonds is 2. The normalized spacial score (nSPS) is 23.0. The van der Waals surface area contributed by atoms with Gasteiger partial charge in [-0.1, -0.05) is 24.3 Å². The van der Waals surface area contributed by atoms with Gasteiger partial charge in [-0.2, -0.15) is 0 Å². The highest BCUT2D eigenvalue weighted by Gasteiger charge is 2.29. The minimum Gasteiger partial charge on any atom is -0.351 e. The van der Waals surface area contributed by atoms with Gasteiger partial charge in [-0.05, 0) is 43.7 Å². The minimum atomic E-state index is 0.0193. The van der Waals surface area contributed by atoms with Crippen LogP contribution in [0.25, 0.3) is 0 Å². The Balaban J connectivity index is 1.47. The number of nitrogens with zero attached hydrogens (tertiary/aromatic N) is 2. The van der Waals surface area contributed by atoms with E-state index in [4.69, 9.17) is 0 Å². The van der Waals surface area contributed by atoms with E-state index in [0.717, 1.165) is 50.2 Å². The lowest BCUT2D eigenvalue weighted by Gasteiger charge is -2.29. The van der Waals surface area contributed by atoms with Gasteiger partial charge in [0.1, 0.15) is 5.82 Å². The molecule has 23 heavy (non-hydrogen) atoms. The zero-order valence-corrected chi connectivity index (χ0v) is 13.6. The molecule has 0 bridgehead atoms. The minimum absolute atomic E-state index is 0.0193. The van der Waals surface area contributed by atoms with E-state index in [9.17, 15) is 4.79 Å². The van der Waals surface area contributed by atoms with Crippen LogP contribution in [0.2, 0.25) is 0 Å². The van der Waals surface area contributed by atoms with E-state index in [0.29, 0.717) is 0 Å². The summed E-state index contributed by atoms with van der Waals surface area (Å²) in [6, 6.07) is 8.62. The number of aromatic nitrogens is 2. The fourth-order valence-electron chi connectivity index (χ4n) is 4.03. The van der Waals surface area contributed by atoms with Gasteiger partial charge in [-0.3, -0.25) is 4.79 Å². The molecule has 2 atom stereocenters. The average Bonchev–Trinajstić information content (AvgIpc) is 2.93. The largest absolute Gasteiger partial charge is 0.351 e. The zero-order valence-electron chi connectivity index (χ0n) is 13.6. The lowest BCUT2D eigenvalue weighted by atomic mass is 9.82. The maximum absolute atomic E-state index is 12.8. The SMILES string of the molecule is Cc1cn2c(n1)CC[C@@H](NC(=O)[C@H]1CCCc3ccccc31)C2. The first-order valence-corrected chi connectivity index (χ1v) is 8.61. The molecule has 1 aliphatic carbocycles.